The molecule has 21 heavy (non-hydrogen) atoms. The second-order valence-electron chi connectivity index (χ2n) is 6.76. The van der Waals surface area contributed by atoms with Gasteiger partial charge in [-0.3, -0.25) is 0 Å². The third-order valence-corrected chi connectivity index (χ3v) is 4.71. The van der Waals surface area contributed by atoms with E-state index in [9.17, 15) is 0 Å². The van der Waals surface area contributed by atoms with Crippen LogP contribution in [0.2, 0.25) is 0 Å². The van der Waals surface area contributed by atoms with Crippen LogP contribution in [0.5, 0.6) is 5.75 Å². The number of hydrogen-bond acceptors (Lipinski definition) is 2. The highest BCUT2D eigenvalue weighted by molar-refractivity contribution is 9.10. The summed E-state index contributed by atoms with van der Waals surface area (Å²) < 4.78 is 7.43. The molecule has 1 aromatic rings. The number of rotatable bonds is 6. The molecule has 0 amide bonds. The molecule has 0 aromatic heterocycles. The van der Waals surface area contributed by atoms with Crippen molar-refractivity contribution in [1.29, 1.82) is 0 Å². The minimum absolute atomic E-state index is 0.372. The Labute approximate surface area is 137 Å². The fourth-order valence-corrected chi connectivity index (χ4v) is 3.47. The van der Waals surface area contributed by atoms with Gasteiger partial charge in [0.25, 0.3) is 0 Å². The van der Waals surface area contributed by atoms with E-state index in [0.717, 1.165) is 29.2 Å². The van der Waals surface area contributed by atoms with Gasteiger partial charge in [-0.15, -0.1) is 0 Å². The summed E-state index contributed by atoms with van der Waals surface area (Å²) in [5.74, 6) is 2.49. The first-order chi connectivity index (χ1) is 10.1. The summed E-state index contributed by atoms with van der Waals surface area (Å²) in [6, 6.07) is 6.33. The molecule has 1 saturated carbocycles. The molecule has 0 radical (unpaired) electrons. The van der Waals surface area contributed by atoms with Crippen molar-refractivity contribution in [2.75, 3.05) is 6.54 Å². The van der Waals surface area contributed by atoms with E-state index >= 15 is 0 Å². The Balaban J connectivity index is 2.02. The maximum atomic E-state index is 6.36. The monoisotopic (exact) mass is 353 g/mol. The minimum atomic E-state index is 0.372. The number of para-hydroxylation sites is 1. The Morgan fingerprint density at radius 2 is 2.14 bits per heavy atom. The van der Waals surface area contributed by atoms with Crippen molar-refractivity contribution in [1.82, 2.24) is 5.32 Å². The summed E-state index contributed by atoms with van der Waals surface area (Å²) in [5, 5.41) is 3.51. The topological polar surface area (TPSA) is 21.3 Å². The van der Waals surface area contributed by atoms with Crippen molar-refractivity contribution in [2.24, 2.45) is 11.8 Å². The molecule has 0 spiro atoms. The van der Waals surface area contributed by atoms with Crippen LogP contribution in [-0.4, -0.2) is 12.6 Å². The van der Waals surface area contributed by atoms with Gasteiger partial charge in [0, 0.05) is 12.1 Å². The average Bonchev–Trinajstić information content (AvgIpc) is 2.42. The van der Waals surface area contributed by atoms with Gasteiger partial charge in [-0.25, -0.2) is 0 Å². The molecule has 2 unspecified atom stereocenters. The molecular formula is C18H28BrNO. The van der Waals surface area contributed by atoms with E-state index in [2.05, 4.69) is 60.2 Å². The molecule has 0 bridgehead atoms. The fourth-order valence-electron chi connectivity index (χ4n) is 2.97. The van der Waals surface area contributed by atoms with Crippen LogP contribution in [0.25, 0.3) is 0 Å². The van der Waals surface area contributed by atoms with E-state index in [1.54, 1.807) is 0 Å². The highest BCUT2D eigenvalue weighted by atomic mass is 79.9. The maximum Gasteiger partial charge on any atom is 0.138 e. The Bertz CT molecular complexity index is 447. The molecule has 3 heteroatoms. The second kappa shape index (κ2) is 8.19. The van der Waals surface area contributed by atoms with E-state index in [1.165, 1.54) is 31.2 Å². The summed E-state index contributed by atoms with van der Waals surface area (Å²) in [6.07, 6.45) is 5.37. The lowest BCUT2D eigenvalue weighted by atomic mass is 9.88. The SMILES string of the molecule is CC(C)CNCc1cccc(Br)c1OC1CCCC(C)C1. The average molecular weight is 354 g/mol. The maximum absolute atomic E-state index is 6.36. The number of nitrogens with one attached hydrogen (secondary N) is 1. The Hall–Kier alpha value is -0.540. The first kappa shape index (κ1) is 16.8. The quantitative estimate of drug-likeness (QED) is 0.763. The molecule has 0 aliphatic heterocycles. The van der Waals surface area contributed by atoms with Crippen molar-refractivity contribution in [3.05, 3.63) is 28.2 Å². The smallest absolute Gasteiger partial charge is 0.138 e. The van der Waals surface area contributed by atoms with Crippen molar-refractivity contribution < 1.29 is 4.74 Å². The summed E-state index contributed by atoms with van der Waals surface area (Å²) in [5.41, 5.74) is 1.25. The number of benzene rings is 1. The van der Waals surface area contributed by atoms with Gasteiger partial charge in [0.15, 0.2) is 0 Å². The zero-order valence-corrected chi connectivity index (χ0v) is 15.1. The zero-order chi connectivity index (χ0) is 15.2. The van der Waals surface area contributed by atoms with Crippen LogP contribution in [0.15, 0.2) is 22.7 Å². The number of ether oxygens (including phenoxy) is 1. The number of halogens is 1. The van der Waals surface area contributed by atoms with Crippen LogP contribution in [0.3, 0.4) is 0 Å². The van der Waals surface area contributed by atoms with E-state index in [4.69, 9.17) is 4.74 Å². The van der Waals surface area contributed by atoms with Crippen molar-refractivity contribution in [2.45, 2.75) is 59.1 Å². The molecule has 2 atom stereocenters. The molecule has 0 heterocycles. The van der Waals surface area contributed by atoms with Gasteiger partial charge in [0.2, 0.25) is 0 Å². The lowest BCUT2D eigenvalue weighted by molar-refractivity contribution is 0.127. The first-order valence-corrected chi connectivity index (χ1v) is 9.00. The van der Waals surface area contributed by atoms with Crippen LogP contribution in [0, 0.1) is 11.8 Å². The Kier molecular flexibility index (Phi) is 6.56. The molecule has 1 aliphatic carbocycles. The van der Waals surface area contributed by atoms with E-state index in [0.29, 0.717) is 12.0 Å². The summed E-state index contributed by atoms with van der Waals surface area (Å²) in [4.78, 5) is 0. The summed E-state index contributed by atoms with van der Waals surface area (Å²) in [7, 11) is 0. The Morgan fingerprint density at radius 1 is 1.33 bits per heavy atom. The lowest BCUT2D eigenvalue weighted by Crippen LogP contribution is -2.25. The van der Waals surface area contributed by atoms with Crippen molar-refractivity contribution >= 4 is 15.9 Å². The Morgan fingerprint density at radius 3 is 2.86 bits per heavy atom. The molecule has 0 saturated heterocycles. The van der Waals surface area contributed by atoms with Gasteiger partial charge in [-0.1, -0.05) is 39.3 Å². The lowest BCUT2D eigenvalue weighted by Gasteiger charge is -2.28. The molecule has 118 valence electrons. The van der Waals surface area contributed by atoms with Crippen LogP contribution in [-0.2, 0) is 6.54 Å². The van der Waals surface area contributed by atoms with Crippen molar-refractivity contribution in [3.63, 3.8) is 0 Å². The van der Waals surface area contributed by atoms with Crippen molar-refractivity contribution in [3.8, 4) is 5.75 Å². The van der Waals surface area contributed by atoms with E-state index in [-0.39, 0.29) is 0 Å². The highest BCUT2D eigenvalue weighted by Crippen LogP contribution is 2.34. The number of hydrogen-bond donors (Lipinski definition) is 1. The minimum Gasteiger partial charge on any atom is -0.489 e. The third-order valence-electron chi connectivity index (χ3n) is 4.09. The molecule has 2 rings (SSSR count). The van der Waals surface area contributed by atoms with Gasteiger partial charge in [-0.2, -0.15) is 0 Å². The summed E-state index contributed by atoms with van der Waals surface area (Å²) in [6.45, 7) is 8.70. The molecule has 1 N–H and O–H groups in total. The standard InChI is InChI=1S/C18H28BrNO/c1-13(2)11-20-12-15-7-5-9-17(19)18(15)21-16-8-4-6-14(3)10-16/h5,7,9,13-14,16,20H,4,6,8,10-12H2,1-3H3. The fraction of sp³-hybridized carbons (Fsp3) is 0.667. The normalized spacial score (nSPS) is 22.5. The van der Waals surface area contributed by atoms with Gasteiger partial charge in [0.1, 0.15) is 5.75 Å². The molecular weight excluding hydrogens is 326 g/mol. The predicted molar refractivity (Wildman–Crippen MR) is 92.7 cm³/mol. The first-order valence-electron chi connectivity index (χ1n) is 8.21. The van der Waals surface area contributed by atoms with Crippen LogP contribution >= 0.6 is 15.9 Å². The van der Waals surface area contributed by atoms with Crippen LogP contribution < -0.4 is 10.1 Å². The molecule has 2 nitrogen and oxygen atoms in total. The third kappa shape index (κ3) is 5.30. The summed E-state index contributed by atoms with van der Waals surface area (Å²) >= 11 is 3.66. The predicted octanol–water partition coefficient (Wildman–Crippen LogP) is 5.15. The van der Waals surface area contributed by atoms with Gasteiger partial charge >= 0.3 is 0 Å². The van der Waals surface area contributed by atoms with Gasteiger partial charge in [-0.05, 0) is 59.6 Å². The van der Waals surface area contributed by atoms with Crippen LogP contribution in [0.4, 0.5) is 0 Å². The van der Waals surface area contributed by atoms with Gasteiger partial charge < -0.3 is 10.1 Å². The molecule has 1 fully saturated rings. The molecule has 1 aliphatic rings. The molecule has 1 aromatic carbocycles. The second-order valence-corrected chi connectivity index (χ2v) is 7.62. The zero-order valence-electron chi connectivity index (χ0n) is 13.5. The van der Waals surface area contributed by atoms with E-state index < -0.39 is 0 Å². The van der Waals surface area contributed by atoms with E-state index in [1.807, 2.05) is 0 Å². The van der Waals surface area contributed by atoms with Gasteiger partial charge in [0.05, 0.1) is 10.6 Å². The largest absolute Gasteiger partial charge is 0.489 e. The highest BCUT2D eigenvalue weighted by Gasteiger charge is 2.22. The van der Waals surface area contributed by atoms with Crippen LogP contribution in [0.1, 0.15) is 52.0 Å².